The molecule has 1 aromatic carbocycles. The molecular formula is C23H34N2O4. The lowest BCUT2D eigenvalue weighted by Gasteiger charge is -2.48. The fraction of sp³-hybridized carbons (Fsp3) is 0.696. The first kappa shape index (κ1) is 20.6. The molecule has 160 valence electrons. The van der Waals surface area contributed by atoms with Gasteiger partial charge in [-0.05, 0) is 43.9 Å². The van der Waals surface area contributed by atoms with Crippen molar-refractivity contribution < 1.29 is 19.0 Å². The lowest BCUT2D eigenvalue weighted by molar-refractivity contribution is -0.0361. The summed E-state index contributed by atoms with van der Waals surface area (Å²) < 4.78 is 17.0. The fourth-order valence-electron chi connectivity index (χ4n) is 4.89. The van der Waals surface area contributed by atoms with Crippen LogP contribution in [0.4, 0.5) is 0 Å². The molecular weight excluding hydrogens is 368 g/mol. The monoisotopic (exact) mass is 402 g/mol. The maximum absolute atomic E-state index is 12.9. The van der Waals surface area contributed by atoms with E-state index < -0.39 is 0 Å². The number of benzene rings is 1. The Kier molecular flexibility index (Phi) is 7.06. The summed E-state index contributed by atoms with van der Waals surface area (Å²) in [5.41, 5.74) is 0.730. The Bertz CT molecular complexity index is 663. The molecule has 0 spiro atoms. The minimum absolute atomic E-state index is 0.0224. The van der Waals surface area contributed by atoms with Crippen LogP contribution in [0.15, 0.2) is 24.3 Å². The van der Waals surface area contributed by atoms with Gasteiger partial charge in [-0.1, -0.05) is 25.3 Å². The van der Waals surface area contributed by atoms with Crippen molar-refractivity contribution in [2.24, 2.45) is 0 Å². The molecule has 2 heterocycles. The van der Waals surface area contributed by atoms with E-state index in [1.54, 1.807) is 0 Å². The molecule has 1 saturated carbocycles. The van der Waals surface area contributed by atoms with Crippen molar-refractivity contribution in [3.05, 3.63) is 29.8 Å². The second-order valence-electron chi connectivity index (χ2n) is 8.54. The van der Waals surface area contributed by atoms with E-state index in [0.29, 0.717) is 18.7 Å². The first-order chi connectivity index (χ1) is 14.3. The second-order valence-corrected chi connectivity index (χ2v) is 8.54. The molecule has 29 heavy (non-hydrogen) atoms. The molecule has 6 nitrogen and oxygen atoms in total. The van der Waals surface area contributed by atoms with Crippen LogP contribution in [0.5, 0.6) is 5.75 Å². The van der Waals surface area contributed by atoms with Crippen LogP contribution in [0.1, 0.15) is 55.3 Å². The molecule has 0 unspecified atom stereocenters. The van der Waals surface area contributed by atoms with E-state index in [1.165, 1.54) is 19.3 Å². The Morgan fingerprint density at radius 1 is 1.14 bits per heavy atom. The number of amides is 1. The zero-order valence-electron chi connectivity index (χ0n) is 17.4. The summed E-state index contributed by atoms with van der Waals surface area (Å²) in [5, 5.41) is 3.23. The van der Waals surface area contributed by atoms with Crippen LogP contribution in [0.3, 0.4) is 0 Å². The van der Waals surface area contributed by atoms with Gasteiger partial charge in [-0.15, -0.1) is 0 Å². The van der Waals surface area contributed by atoms with Gasteiger partial charge >= 0.3 is 0 Å². The van der Waals surface area contributed by atoms with Gasteiger partial charge in [-0.3, -0.25) is 9.69 Å². The average Bonchev–Trinajstić information content (AvgIpc) is 3.31. The standard InChI is InChI=1S/C23H34N2O4/c26-22(19-6-4-7-20(16-19)29-17-21-8-5-13-28-21)24-18-23(9-2-1-3-10-23)25-11-14-27-15-12-25/h4,6-7,16,21H,1-3,5,8-15,17-18H2,(H,24,26)/t21-/m0/s1. The average molecular weight is 403 g/mol. The number of hydrogen-bond donors (Lipinski definition) is 1. The molecule has 1 aliphatic carbocycles. The van der Waals surface area contributed by atoms with Crippen LogP contribution in [0.25, 0.3) is 0 Å². The molecule has 4 rings (SSSR count). The predicted octanol–water partition coefficient (Wildman–Crippen LogP) is 3.01. The molecule has 3 fully saturated rings. The number of carbonyl (C=O) groups excluding carboxylic acids is 1. The summed E-state index contributed by atoms with van der Waals surface area (Å²) in [5.74, 6) is 0.708. The van der Waals surface area contributed by atoms with Gasteiger partial charge in [-0.25, -0.2) is 0 Å². The minimum atomic E-state index is -0.0224. The third-order valence-corrected chi connectivity index (χ3v) is 6.60. The summed E-state index contributed by atoms with van der Waals surface area (Å²) in [6.45, 7) is 5.57. The highest BCUT2D eigenvalue weighted by Crippen LogP contribution is 2.34. The summed E-state index contributed by atoms with van der Waals surface area (Å²) in [6, 6.07) is 7.49. The Hall–Kier alpha value is -1.63. The SMILES string of the molecule is O=C(NCC1(N2CCOCC2)CCCCC1)c1cccc(OC[C@@H]2CCCO2)c1. The molecule has 6 heteroatoms. The number of ether oxygens (including phenoxy) is 3. The minimum Gasteiger partial charge on any atom is -0.491 e. The normalized spacial score (nSPS) is 24.9. The van der Waals surface area contributed by atoms with Crippen LogP contribution in [0.2, 0.25) is 0 Å². The first-order valence-electron chi connectivity index (χ1n) is 11.2. The molecule has 2 saturated heterocycles. The van der Waals surface area contributed by atoms with Crippen molar-refractivity contribution in [2.45, 2.75) is 56.6 Å². The quantitative estimate of drug-likeness (QED) is 0.760. The van der Waals surface area contributed by atoms with Gasteiger partial charge in [0.2, 0.25) is 0 Å². The van der Waals surface area contributed by atoms with Crippen molar-refractivity contribution in [3.63, 3.8) is 0 Å². The molecule has 1 atom stereocenters. The Labute approximate surface area is 173 Å². The van der Waals surface area contributed by atoms with Crippen LogP contribution in [-0.4, -0.2) is 68.5 Å². The molecule has 0 bridgehead atoms. The van der Waals surface area contributed by atoms with Crippen LogP contribution in [-0.2, 0) is 9.47 Å². The summed E-state index contributed by atoms with van der Waals surface area (Å²) in [7, 11) is 0. The van der Waals surface area contributed by atoms with Crippen LogP contribution < -0.4 is 10.1 Å². The molecule has 3 aliphatic rings. The number of carbonyl (C=O) groups is 1. The first-order valence-corrected chi connectivity index (χ1v) is 11.2. The number of nitrogens with one attached hydrogen (secondary N) is 1. The number of rotatable bonds is 7. The largest absolute Gasteiger partial charge is 0.491 e. The highest BCUT2D eigenvalue weighted by molar-refractivity contribution is 5.94. The van der Waals surface area contributed by atoms with Crippen molar-refractivity contribution in [1.29, 1.82) is 0 Å². The summed E-state index contributed by atoms with van der Waals surface area (Å²) in [4.78, 5) is 15.4. The van der Waals surface area contributed by atoms with Gasteiger partial charge in [0.15, 0.2) is 0 Å². The second kappa shape index (κ2) is 9.92. The van der Waals surface area contributed by atoms with E-state index in [2.05, 4.69) is 10.2 Å². The Morgan fingerprint density at radius 2 is 1.97 bits per heavy atom. The molecule has 2 aliphatic heterocycles. The van der Waals surface area contributed by atoms with Gasteiger partial charge in [0.25, 0.3) is 5.91 Å². The van der Waals surface area contributed by atoms with E-state index in [1.807, 2.05) is 24.3 Å². The van der Waals surface area contributed by atoms with E-state index in [9.17, 15) is 4.79 Å². The lowest BCUT2D eigenvalue weighted by Crippen LogP contribution is -2.59. The third-order valence-electron chi connectivity index (χ3n) is 6.60. The van der Waals surface area contributed by atoms with Crippen molar-refractivity contribution >= 4 is 5.91 Å². The van der Waals surface area contributed by atoms with Gasteiger partial charge in [0, 0.05) is 37.3 Å². The number of morpholine rings is 1. The summed E-state index contributed by atoms with van der Waals surface area (Å²) in [6.07, 6.45) is 8.39. The summed E-state index contributed by atoms with van der Waals surface area (Å²) >= 11 is 0. The van der Waals surface area contributed by atoms with Crippen molar-refractivity contribution in [1.82, 2.24) is 10.2 Å². The van der Waals surface area contributed by atoms with E-state index in [0.717, 1.165) is 64.3 Å². The highest BCUT2D eigenvalue weighted by Gasteiger charge is 2.38. The molecule has 1 amide bonds. The van der Waals surface area contributed by atoms with Crippen LogP contribution in [0, 0.1) is 0 Å². The predicted molar refractivity (Wildman–Crippen MR) is 111 cm³/mol. The lowest BCUT2D eigenvalue weighted by atomic mass is 9.79. The zero-order valence-corrected chi connectivity index (χ0v) is 17.4. The smallest absolute Gasteiger partial charge is 0.251 e. The van der Waals surface area contributed by atoms with E-state index in [-0.39, 0.29) is 17.6 Å². The molecule has 1 N–H and O–H groups in total. The van der Waals surface area contributed by atoms with Gasteiger partial charge in [-0.2, -0.15) is 0 Å². The van der Waals surface area contributed by atoms with Gasteiger partial charge in [0.05, 0.1) is 19.3 Å². The van der Waals surface area contributed by atoms with Gasteiger partial charge in [0.1, 0.15) is 12.4 Å². The van der Waals surface area contributed by atoms with Gasteiger partial charge < -0.3 is 19.5 Å². The van der Waals surface area contributed by atoms with E-state index >= 15 is 0 Å². The molecule has 1 aromatic rings. The molecule has 0 aromatic heterocycles. The van der Waals surface area contributed by atoms with E-state index in [4.69, 9.17) is 14.2 Å². The zero-order chi connectivity index (χ0) is 19.9. The van der Waals surface area contributed by atoms with Crippen molar-refractivity contribution in [3.8, 4) is 5.75 Å². The number of nitrogens with zero attached hydrogens (tertiary/aromatic N) is 1. The maximum Gasteiger partial charge on any atom is 0.251 e. The fourth-order valence-corrected chi connectivity index (χ4v) is 4.89. The molecule has 0 radical (unpaired) electrons. The maximum atomic E-state index is 12.9. The van der Waals surface area contributed by atoms with Crippen molar-refractivity contribution in [2.75, 3.05) is 46.1 Å². The van der Waals surface area contributed by atoms with Crippen LogP contribution >= 0.6 is 0 Å². The Balaban J connectivity index is 1.35. The third kappa shape index (κ3) is 5.30. The Morgan fingerprint density at radius 3 is 2.72 bits per heavy atom. The number of hydrogen-bond acceptors (Lipinski definition) is 5. The highest BCUT2D eigenvalue weighted by atomic mass is 16.5. The topological polar surface area (TPSA) is 60.0 Å².